The second-order valence-corrected chi connectivity index (χ2v) is 9.51. The smallest absolute Gasteiger partial charge is 0.345 e. The first-order valence-corrected chi connectivity index (χ1v) is 12.3. The van der Waals surface area contributed by atoms with Crippen LogP contribution in [-0.4, -0.2) is 66.7 Å². The Balaban J connectivity index is 1.51. The Morgan fingerprint density at radius 3 is 2.68 bits per heavy atom. The van der Waals surface area contributed by atoms with Crippen molar-refractivity contribution in [3.63, 3.8) is 0 Å². The average Bonchev–Trinajstić information content (AvgIpc) is 3.12. The Hall–Kier alpha value is -3.67. The average molecular weight is 488 g/mol. The number of aromatic hydroxyl groups is 1. The molecular formula is C22H25N5O6S. The van der Waals surface area contributed by atoms with Crippen LogP contribution >= 0.6 is 0 Å². The fourth-order valence-corrected chi connectivity index (χ4v) is 4.77. The van der Waals surface area contributed by atoms with E-state index in [0.717, 1.165) is 18.4 Å². The molecule has 0 unspecified atom stereocenters. The van der Waals surface area contributed by atoms with Crippen molar-refractivity contribution in [2.24, 2.45) is 15.3 Å². The van der Waals surface area contributed by atoms with Gasteiger partial charge in [0.1, 0.15) is 0 Å². The minimum Gasteiger partial charge on any atom is -0.505 e. The number of hydrogen-bond acceptors (Lipinski definition) is 7. The van der Waals surface area contributed by atoms with Gasteiger partial charge in [0.2, 0.25) is 0 Å². The largest absolute Gasteiger partial charge is 0.505 e. The molecule has 1 fully saturated rings. The molecule has 0 radical (unpaired) electrons. The van der Waals surface area contributed by atoms with Gasteiger partial charge in [-0.1, -0.05) is 24.3 Å². The predicted molar refractivity (Wildman–Crippen MR) is 126 cm³/mol. The van der Waals surface area contributed by atoms with Crippen LogP contribution in [0.4, 0.5) is 5.69 Å². The van der Waals surface area contributed by atoms with Gasteiger partial charge in [0, 0.05) is 13.1 Å². The highest BCUT2D eigenvalue weighted by Crippen LogP contribution is 2.30. The summed E-state index contributed by atoms with van der Waals surface area (Å²) in [6.07, 6.45) is 8.50. The third kappa shape index (κ3) is 5.28. The Morgan fingerprint density at radius 2 is 2.00 bits per heavy atom. The van der Waals surface area contributed by atoms with Gasteiger partial charge in [-0.05, 0) is 43.4 Å². The molecule has 1 saturated heterocycles. The number of benzene rings is 1. The summed E-state index contributed by atoms with van der Waals surface area (Å²) in [5.41, 5.74) is 1.06. The topological polar surface area (TPSA) is 161 Å². The first-order valence-electron chi connectivity index (χ1n) is 10.9. The quantitative estimate of drug-likeness (QED) is 0.459. The van der Waals surface area contributed by atoms with E-state index in [1.165, 1.54) is 17.0 Å². The van der Waals surface area contributed by atoms with E-state index in [1.807, 2.05) is 18.2 Å². The molecule has 0 atom stereocenters. The summed E-state index contributed by atoms with van der Waals surface area (Å²) in [6, 6.07) is 4.49. The van der Waals surface area contributed by atoms with Gasteiger partial charge in [-0.2, -0.15) is 8.42 Å². The van der Waals surface area contributed by atoms with Gasteiger partial charge in [-0.25, -0.2) is 4.72 Å². The number of aliphatic imine (C=N–C) groups is 1. The molecule has 2 aliphatic heterocycles. The number of rotatable bonds is 5. The Labute approximate surface area is 196 Å². The van der Waals surface area contributed by atoms with Gasteiger partial charge in [0.05, 0.1) is 23.7 Å². The lowest BCUT2D eigenvalue weighted by Gasteiger charge is -2.30. The fourth-order valence-electron chi connectivity index (χ4n) is 3.95. The lowest BCUT2D eigenvalue weighted by Crippen LogP contribution is -2.40. The van der Waals surface area contributed by atoms with Crippen LogP contribution < -0.4 is 10.0 Å². The number of carbonyl (C=O) groups excluding carboxylic acids is 1. The molecule has 4 rings (SSSR count). The second kappa shape index (κ2) is 9.67. The number of phenolic OH excluding ortho intramolecular Hbond substituents is 1. The highest BCUT2D eigenvalue weighted by atomic mass is 32.2. The number of anilines is 1. The Morgan fingerprint density at radius 1 is 1.24 bits per heavy atom. The van der Waals surface area contributed by atoms with E-state index < -0.39 is 28.0 Å². The standard InChI is InChI=1S/C22H25N5O6S/c28-18-16(21(29)27-11-9-15(10-12-27)22(30)31)7-4-8-17(18)24-20-19(25-34(32,33)26-20)23-13-14-5-2-1-3-6-14/h2,4-8,15,28H,1,3,9-13H2,(H,23,25)(H,24,26)(H,30,31). The van der Waals surface area contributed by atoms with E-state index in [1.54, 1.807) is 6.07 Å². The van der Waals surface area contributed by atoms with Crippen molar-refractivity contribution in [1.29, 1.82) is 0 Å². The monoisotopic (exact) mass is 487 g/mol. The van der Waals surface area contributed by atoms with Crippen LogP contribution in [0.25, 0.3) is 0 Å². The van der Waals surface area contributed by atoms with Gasteiger partial charge in [-0.3, -0.25) is 14.6 Å². The summed E-state index contributed by atoms with van der Waals surface area (Å²) < 4.78 is 29.9. The number of piperidine rings is 1. The second-order valence-electron chi connectivity index (χ2n) is 8.17. The number of carboxylic acids is 1. The van der Waals surface area contributed by atoms with Crippen molar-refractivity contribution in [1.82, 2.24) is 9.62 Å². The highest BCUT2D eigenvalue weighted by Gasteiger charge is 2.30. The summed E-state index contributed by atoms with van der Waals surface area (Å²) in [7, 11) is -3.98. The molecule has 1 amide bonds. The van der Waals surface area contributed by atoms with Crippen molar-refractivity contribution in [2.75, 3.05) is 25.0 Å². The maximum absolute atomic E-state index is 12.9. The zero-order valence-corrected chi connectivity index (χ0v) is 19.1. The number of likely N-dealkylation sites (tertiary alicyclic amines) is 1. The maximum Gasteiger partial charge on any atom is 0.345 e. The maximum atomic E-state index is 12.9. The van der Waals surface area contributed by atoms with Crippen LogP contribution in [0.15, 0.2) is 51.4 Å². The van der Waals surface area contributed by atoms with E-state index in [4.69, 9.17) is 5.11 Å². The van der Waals surface area contributed by atoms with E-state index >= 15 is 0 Å². The van der Waals surface area contributed by atoms with E-state index in [2.05, 4.69) is 19.4 Å². The van der Waals surface area contributed by atoms with Crippen LogP contribution in [0.3, 0.4) is 0 Å². The first kappa shape index (κ1) is 23.5. The number of carbonyl (C=O) groups is 2. The minimum absolute atomic E-state index is 0.00625. The molecule has 0 spiro atoms. The Kier molecular flexibility index (Phi) is 6.68. The van der Waals surface area contributed by atoms with Gasteiger partial charge >= 0.3 is 16.2 Å². The van der Waals surface area contributed by atoms with Gasteiger partial charge < -0.3 is 20.4 Å². The normalized spacial score (nSPS) is 21.1. The van der Waals surface area contributed by atoms with Crippen LogP contribution in [0, 0.1) is 5.92 Å². The van der Waals surface area contributed by atoms with E-state index in [-0.39, 0.29) is 48.3 Å². The number of aliphatic carboxylic acids is 1. The number of phenols is 1. The number of hydrogen-bond donors (Lipinski definition) is 4. The number of allylic oxidation sites excluding steroid dienone is 2. The van der Waals surface area contributed by atoms with Crippen molar-refractivity contribution in [3.8, 4) is 5.75 Å². The zero-order valence-electron chi connectivity index (χ0n) is 18.3. The molecule has 4 N–H and O–H groups in total. The van der Waals surface area contributed by atoms with Crippen molar-refractivity contribution in [3.05, 3.63) is 47.6 Å². The fraction of sp³-hybridized carbons (Fsp3) is 0.364. The molecular weight excluding hydrogens is 462 g/mol. The number of nitrogens with one attached hydrogen (secondary N) is 2. The molecule has 3 aliphatic rings. The summed E-state index contributed by atoms with van der Waals surface area (Å²) >= 11 is 0. The lowest BCUT2D eigenvalue weighted by atomic mass is 9.96. The molecule has 12 heteroatoms. The summed E-state index contributed by atoms with van der Waals surface area (Å²) in [4.78, 5) is 29.9. The van der Waals surface area contributed by atoms with Crippen LogP contribution in [0.1, 0.15) is 36.0 Å². The summed E-state index contributed by atoms with van der Waals surface area (Å²) in [5, 5.41) is 22.7. The zero-order chi connectivity index (χ0) is 24.3. The highest BCUT2D eigenvalue weighted by molar-refractivity contribution is 7.89. The molecule has 0 saturated carbocycles. The molecule has 1 aliphatic carbocycles. The van der Waals surface area contributed by atoms with Crippen LogP contribution in [0.5, 0.6) is 5.75 Å². The molecule has 2 heterocycles. The van der Waals surface area contributed by atoms with Gasteiger partial charge in [-0.15, -0.1) is 4.40 Å². The van der Waals surface area contributed by atoms with Crippen LogP contribution in [0.2, 0.25) is 0 Å². The van der Waals surface area contributed by atoms with Crippen molar-refractivity contribution < 1.29 is 28.2 Å². The summed E-state index contributed by atoms with van der Waals surface area (Å²) in [5.74, 6) is -2.26. The third-order valence-electron chi connectivity index (χ3n) is 5.80. The lowest BCUT2D eigenvalue weighted by molar-refractivity contribution is -0.143. The first-order chi connectivity index (χ1) is 16.2. The van der Waals surface area contributed by atoms with Gasteiger partial charge in [0.25, 0.3) is 5.91 Å². The number of nitrogens with zero attached hydrogens (tertiary/aromatic N) is 3. The third-order valence-corrected chi connectivity index (χ3v) is 6.68. The van der Waals surface area contributed by atoms with Gasteiger partial charge in [0.15, 0.2) is 17.4 Å². The Bertz CT molecular complexity index is 1230. The molecule has 1 aromatic carbocycles. The molecule has 34 heavy (non-hydrogen) atoms. The number of para-hydroxylation sites is 1. The SMILES string of the molecule is O=C(O)C1CCN(C(=O)c2cccc(NC3=NS(=O)(=O)NC3=NCC3=CCCC=C3)c2O)CC1. The number of amides is 1. The molecule has 180 valence electrons. The van der Waals surface area contributed by atoms with Crippen LogP contribution in [-0.2, 0) is 15.0 Å². The summed E-state index contributed by atoms with van der Waals surface area (Å²) in [6.45, 7) is 0.789. The number of carboxylic acid groups (broad SMARTS) is 1. The van der Waals surface area contributed by atoms with E-state index in [0.29, 0.717) is 12.8 Å². The number of amidine groups is 2. The minimum atomic E-state index is -3.98. The molecule has 1 aromatic rings. The predicted octanol–water partition coefficient (Wildman–Crippen LogP) is 1.66. The molecule has 0 bridgehead atoms. The molecule has 0 aromatic heterocycles. The van der Waals surface area contributed by atoms with Crippen molar-refractivity contribution in [2.45, 2.75) is 25.7 Å². The van der Waals surface area contributed by atoms with Crippen molar-refractivity contribution >= 4 is 39.4 Å². The molecule has 11 nitrogen and oxygen atoms in total. The van der Waals surface area contributed by atoms with E-state index in [9.17, 15) is 23.1 Å².